The summed E-state index contributed by atoms with van der Waals surface area (Å²) in [7, 11) is 0. The predicted octanol–water partition coefficient (Wildman–Crippen LogP) is 4.66. The van der Waals surface area contributed by atoms with Crippen molar-refractivity contribution in [2.75, 3.05) is 16.4 Å². The number of benzene rings is 3. The van der Waals surface area contributed by atoms with Crippen LogP contribution in [0.15, 0.2) is 84.9 Å². The highest BCUT2D eigenvalue weighted by atomic mass is 16.2. The molecule has 3 rings (SSSR count). The molecular formula is C24H23N3O2. The van der Waals surface area contributed by atoms with Crippen molar-refractivity contribution in [3.8, 4) is 0 Å². The summed E-state index contributed by atoms with van der Waals surface area (Å²) in [4.78, 5) is 24.5. The third-order valence-electron chi connectivity index (χ3n) is 4.52. The summed E-state index contributed by atoms with van der Waals surface area (Å²) >= 11 is 0. The van der Waals surface area contributed by atoms with E-state index in [2.05, 4.69) is 10.6 Å². The average molecular weight is 385 g/mol. The normalized spacial score (nSPS) is 11.8. The summed E-state index contributed by atoms with van der Waals surface area (Å²) in [6.07, 6.45) is 3.14. The second kappa shape index (κ2) is 9.37. The molecule has 0 saturated heterocycles. The fourth-order valence-electron chi connectivity index (χ4n) is 2.78. The second-order valence-corrected chi connectivity index (χ2v) is 6.65. The first kappa shape index (κ1) is 19.9. The maximum Gasteiger partial charge on any atom is 0.248 e. The van der Waals surface area contributed by atoms with Crippen molar-refractivity contribution in [1.29, 1.82) is 0 Å². The summed E-state index contributed by atoms with van der Waals surface area (Å²) in [5, 5.41) is 5.65. The van der Waals surface area contributed by atoms with E-state index in [-0.39, 0.29) is 17.7 Å². The van der Waals surface area contributed by atoms with Crippen molar-refractivity contribution in [3.05, 3.63) is 96.1 Å². The van der Waals surface area contributed by atoms with Crippen LogP contribution in [0.5, 0.6) is 0 Å². The summed E-state index contributed by atoms with van der Waals surface area (Å²) in [6.45, 7) is 1.87. The van der Waals surface area contributed by atoms with Crippen LogP contribution in [0, 0.1) is 0 Å². The molecule has 0 aliphatic rings. The molecule has 0 aromatic heterocycles. The zero-order chi connectivity index (χ0) is 20.6. The molecule has 29 heavy (non-hydrogen) atoms. The number of anilines is 3. The third kappa shape index (κ3) is 5.56. The first-order chi connectivity index (χ1) is 14.0. The zero-order valence-electron chi connectivity index (χ0n) is 16.1. The van der Waals surface area contributed by atoms with Crippen molar-refractivity contribution in [2.24, 2.45) is 0 Å². The molecule has 0 spiro atoms. The van der Waals surface area contributed by atoms with Crippen molar-refractivity contribution in [3.63, 3.8) is 0 Å². The Hall–Kier alpha value is -3.86. The van der Waals surface area contributed by atoms with Crippen LogP contribution in [0.2, 0.25) is 0 Å². The lowest BCUT2D eigenvalue weighted by molar-refractivity contribution is -0.117. The molecule has 0 radical (unpaired) electrons. The van der Waals surface area contributed by atoms with Crippen LogP contribution < -0.4 is 16.4 Å². The lowest BCUT2D eigenvalue weighted by atomic mass is 10.0. The van der Waals surface area contributed by atoms with Crippen molar-refractivity contribution in [1.82, 2.24) is 0 Å². The molecule has 1 atom stereocenters. The van der Waals surface area contributed by atoms with E-state index in [1.165, 1.54) is 6.08 Å². The molecule has 0 heterocycles. The molecule has 0 bridgehead atoms. The van der Waals surface area contributed by atoms with E-state index in [1.54, 1.807) is 24.3 Å². The predicted molar refractivity (Wildman–Crippen MR) is 118 cm³/mol. The summed E-state index contributed by atoms with van der Waals surface area (Å²) in [5.74, 6) is -0.582. The van der Waals surface area contributed by atoms with Gasteiger partial charge in [-0.2, -0.15) is 0 Å². The molecule has 0 saturated carbocycles. The maximum atomic E-state index is 12.4. The van der Waals surface area contributed by atoms with Gasteiger partial charge in [0.15, 0.2) is 0 Å². The fourth-order valence-corrected chi connectivity index (χ4v) is 2.78. The van der Waals surface area contributed by atoms with Crippen LogP contribution in [0.3, 0.4) is 0 Å². The van der Waals surface area contributed by atoms with Gasteiger partial charge in [0.2, 0.25) is 11.8 Å². The number of amides is 2. The molecule has 4 N–H and O–H groups in total. The topological polar surface area (TPSA) is 84.2 Å². The average Bonchev–Trinajstić information content (AvgIpc) is 2.75. The number of carbonyl (C=O) groups is 2. The van der Waals surface area contributed by atoms with Crippen LogP contribution in [0.4, 0.5) is 17.1 Å². The van der Waals surface area contributed by atoms with Gasteiger partial charge in [-0.1, -0.05) is 54.6 Å². The fraction of sp³-hybridized carbons (Fsp3) is 0.0833. The standard InChI is InChI=1S/C24H23N3O2/c1-17(19-7-3-2-4-8-19)24(29)26-20-14-11-18(12-15-20)13-16-23(28)27-22-10-6-5-9-21(22)25/h2-17H,25H2,1H3,(H,26,29)(H,27,28)/b16-13+/t17-/m0/s1. The molecule has 0 fully saturated rings. The molecule has 0 unspecified atom stereocenters. The molecule has 5 nitrogen and oxygen atoms in total. The number of nitrogens with one attached hydrogen (secondary N) is 2. The largest absolute Gasteiger partial charge is 0.397 e. The van der Waals surface area contributed by atoms with E-state index < -0.39 is 0 Å². The van der Waals surface area contributed by atoms with E-state index >= 15 is 0 Å². The van der Waals surface area contributed by atoms with Crippen LogP contribution in [-0.2, 0) is 9.59 Å². The molecule has 0 aliphatic heterocycles. The zero-order valence-corrected chi connectivity index (χ0v) is 16.1. The Morgan fingerprint density at radius 3 is 2.21 bits per heavy atom. The monoisotopic (exact) mass is 385 g/mol. The first-order valence-electron chi connectivity index (χ1n) is 9.32. The smallest absolute Gasteiger partial charge is 0.248 e. The van der Waals surface area contributed by atoms with E-state index in [0.29, 0.717) is 17.1 Å². The van der Waals surface area contributed by atoms with E-state index in [4.69, 9.17) is 5.73 Å². The Labute approximate surface area is 170 Å². The Bertz CT molecular complexity index is 1010. The molecule has 2 amide bonds. The number of nitrogens with two attached hydrogens (primary N) is 1. The molecule has 0 aliphatic carbocycles. The highest BCUT2D eigenvalue weighted by Gasteiger charge is 2.14. The minimum Gasteiger partial charge on any atom is -0.397 e. The molecule has 3 aromatic carbocycles. The van der Waals surface area contributed by atoms with Gasteiger partial charge in [-0.25, -0.2) is 0 Å². The minimum atomic E-state index is -0.267. The van der Waals surface area contributed by atoms with E-state index in [9.17, 15) is 9.59 Å². The van der Waals surface area contributed by atoms with Gasteiger partial charge in [0, 0.05) is 11.8 Å². The summed E-state index contributed by atoms with van der Waals surface area (Å²) < 4.78 is 0. The molecule has 146 valence electrons. The molecule has 3 aromatic rings. The van der Waals surface area contributed by atoms with Crippen LogP contribution in [0.1, 0.15) is 24.0 Å². The van der Waals surface area contributed by atoms with Crippen LogP contribution >= 0.6 is 0 Å². The van der Waals surface area contributed by atoms with E-state index in [1.807, 2.05) is 67.6 Å². The van der Waals surface area contributed by atoms with Crippen molar-refractivity contribution >= 4 is 35.0 Å². The third-order valence-corrected chi connectivity index (χ3v) is 4.52. The van der Waals surface area contributed by atoms with Gasteiger partial charge in [0.05, 0.1) is 17.3 Å². The Balaban J connectivity index is 1.57. The van der Waals surface area contributed by atoms with Gasteiger partial charge in [0.25, 0.3) is 0 Å². The first-order valence-corrected chi connectivity index (χ1v) is 9.32. The van der Waals surface area contributed by atoms with Gasteiger partial charge in [0.1, 0.15) is 0 Å². The quantitative estimate of drug-likeness (QED) is 0.426. The lowest BCUT2D eigenvalue weighted by Crippen LogP contribution is -2.18. The van der Waals surface area contributed by atoms with Crippen molar-refractivity contribution < 1.29 is 9.59 Å². The maximum absolute atomic E-state index is 12.4. The summed E-state index contributed by atoms with van der Waals surface area (Å²) in [5.41, 5.74) is 9.42. The minimum absolute atomic E-state index is 0.0701. The Kier molecular flexibility index (Phi) is 6.43. The number of hydrogen-bond acceptors (Lipinski definition) is 3. The van der Waals surface area contributed by atoms with Crippen LogP contribution in [-0.4, -0.2) is 11.8 Å². The van der Waals surface area contributed by atoms with Gasteiger partial charge in [-0.3, -0.25) is 9.59 Å². The number of nitrogen functional groups attached to an aromatic ring is 1. The Morgan fingerprint density at radius 2 is 1.52 bits per heavy atom. The summed E-state index contributed by atoms with van der Waals surface area (Å²) in [6, 6.07) is 24.0. The highest BCUT2D eigenvalue weighted by Crippen LogP contribution is 2.19. The number of rotatable bonds is 6. The Morgan fingerprint density at radius 1 is 0.862 bits per heavy atom. The van der Waals surface area contributed by atoms with E-state index in [0.717, 1.165) is 11.1 Å². The SMILES string of the molecule is C[C@H](C(=O)Nc1ccc(/C=C/C(=O)Nc2ccccc2N)cc1)c1ccccc1. The lowest BCUT2D eigenvalue weighted by Gasteiger charge is -2.12. The second-order valence-electron chi connectivity index (χ2n) is 6.65. The van der Waals surface area contributed by atoms with Crippen LogP contribution in [0.25, 0.3) is 6.08 Å². The number of hydrogen-bond donors (Lipinski definition) is 3. The van der Waals surface area contributed by atoms with Gasteiger partial charge < -0.3 is 16.4 Å². The number of para-hydroxylation sites is 2. The molecular weight excluding hydrogens is 362 g/mol. The van der Waals surface area contributed by atoms with Gasteiger partial charge in [-0.05, 0) is 48.4 Å². The van der Waals surface area contributed by atoms with Gasteiger partial charge >= 0.3 is 0 Å². The van der Waals surface area contributed by atoms with Gasteiger partial charge in [-0.15, -0.1) is 0 Å². The van der Waals surface area contributed by atoms with Crippen molar-refractivity contribution in [2.45, 2.75) is 12.8 Å². The number of carbonyl (C=O) groups excluding carboxylic acids is 2. The highest BCUT2D eigenvalue weighted by molar-refractivity contribution is 6.03. The molecule has 5 heteroatoms.